The lowest BCUT2D eigenvalue weighted by Crippen LogP contribution is -2.01. The van der Waals surface area contributed by atoms with E-state index in [1.807, 2.05) is 20.2 Å². The van der Waals surface area contributed by atoms with Crippen LogP contribution in [0.2, 0.25) is 0 Å². The summed E-state index contributed by atoms with van der Waals surface area (Å²) in [5.41, 5.74) is 0.744. The molecule has 0 aliphatic heterocycles. The predicted molar refractivity (Wildman–Crippen MR) is 59.2 cm³/mol. The summed E-state index contributed by atoms with van der Waals surface area (Å²) in [6, 6.07) is 6.82. The molecular formula is C11H12N2O2. The lowest BCUT2D eigenvalue weighted by Gasteiger charge is -2.00. The van der Waals surface area contributed by atoms with Crippen molar-refractivity contribution in [3.63, 3.8) is 0 Å². The Morgan fingerprint density at radius 3 is 2.87 bits per heavy atom. The number of hydrogen-bond acceptors (Lipinski definition) is 4. The molecular weight excluding hydrogens is 192 g/mol. The lowest BCUT2D eigenvalue weighted by molar-refractivity contribution is 0.438. The summed E-state index contributed by atoms with van der Waals surface area (Å²) < 4.78 is 5.49. The monoisotopic (exact) mass is 204 g/mol. The van der Waals surface area contributed by atoms with Gasteiger partial charge in [0.1, 0.15) is 17.1 Å². The van der Waals surface area contributed by atoms with E-state index in [0.29, 0.717) is 5.76 Å². The number of rotatable bonds is 2. The van der Waals surface area contributed by atoms with Crippen molar-refractivity contribution >= 4 is 17.2 Å². The van der Waals surface area contributed by atoms with Crippen LogP contribution in [0, 0.1) is 0 Å². The molecule has 0 spiro atoms. The Balaban J connectivity index is 2.39. The maximum atomic E-state index is 9.27. The first-order valence-electron chi connectivity index (χ1n) is 4.59. The molecule has 0 saturated carbocycles. The largest absolute Gasteiger partial charge is 0.508 e. The van der Waals surface area contributed by atoms with Gasteiger partial charge < -0.3 is 14.5 Å². The third kappa shape index (κ3) is 2.10. The van der Waals surface area contributed by atoms with Gasteiger partial charge in [0.2, 0.25) is 0 Å². The van der Waals surface area contributed by atoms with E-state index in [0.717, 1.165) is 11.0 Å². The zero-order valence-electron chi connectivity index (χ0n) is 8.64. The molecule has 2 aromatic rings. The van der Waals surface area contributed by atoms with Crippen molar-refractivity contribution in [2.75, 3.05) is 14.1 Å². The van der Waals surface area contributed by atoms with Crippen LogP contribution in [0.5, 0.6) is 5.75 Å². The fraction of sp³-hybridized carbons (Fsp3) is 0.182. The van der Waals surface area contributed by atoms with Crippen LogP contribution in [0.1, 0.15) is 5.76 Å². The first-order valence-corrected chi connectivity index (χ1v) is 4.59. The molecule has 0 atom stereocenters. The maximum absolute atomic E-state index is 9.27. The second-order valence-corrected chi connectivity index (χ2v) is 3.46. The fourth-order valence-electron chi connectivity index (χ4n) is 1.29. The maximum Gasteiger partial charge on any atom is 0.148 e. The molecule has 1 aromatic carbocycles. The van der Waals surface area contributed by atoms with Gasteiger partial charge in [0.05, 0.1) is 6.21 Å². The van der Waals surface area contributed by atoms with Crippen molar-refractivity contribution in [1.82, 2.24) is 5.01 Å². The summed E-state index contributed by atoms with van der Waals surface area (Å²) in [4.78, 5) is 0. The van der Waals surface area contributed by atoms with E-state index in [1.54, 1.807) is 29.4 Å². The van der Waals surface area contributed by atoms with Crippen molar-refractivity contribution in [1.29, 1.82) is 0 Å². The van der Waals surface area contributed by atoms with E-state index in [-0.39, 0.29) is 5.75 Å². The van der Waals surface area contributed by atoms with E-state index in [4.69, 9.17) is 4.42 Å². The van der Waals surface area contributed by atoms with E-state index in [2.05, 4.69) is 5.10 Å². The van der Waals surface area contributed by atoms with Crippen LogP contribution in [0.3, 0.4) is 0 Å². The van der Waals surface area contributed by atoms with E-state index < -0.39 is 0 Å². The molecule has 0 saturated heterocycles. The van der Waals surface area contributed by atoms with Crippen LogP contribution in [0.25, 0.3) is 11.0 Å². The summed E-state index contributed by atoms with van der Waals surface area (Å²) in [6.45, 7) is 0. The van der Waals surface area contributed by atoms with Crippen LogP contribution in [-0.2, 0) is 0 Å². The van der Waals surface area contributed by atoms with Crippen molar-refractivity contribution in [3.05, 3.63) is 30.0 Å². The Labute approximate surface area is 87.4 Å². The average molecular weight is 204 g/mol. The third-order valence-corrected chi connectivity index (χ3v) is 1.93. The Hall–Kier alpha value is -1.97. The highest BCUT2D eigenvalue weighted by molar-refractivity contribution is 5.87. The van der Waals surface area contributed by atoms with Gasteiger partial charge in [0, 0.05) is 19.5 Å². The lowest BCUT2D eigenvalue weighted by atomic mass is 10.2. The number of phenols is 1. The molecule has 0 fully saturated rings. The highest BCUT2D eigenvalue weighted by Crippen LogP contribution is 2.22. The molecule has 1 aromatic heterocycles. The van der Waals surface area contributed by atoms with Crippen LogP contribution < -0.4 is 0 Å². The van der Waals surface area contributed by atoms with Crippen LogP contribution in [0.15, 0.2) is 33.8 Å². The second kappa shape index (κ2) is 3.65. The van der Waals surface area contributed by atoms with E-state index in [9.17, 15) is 5.11 Å². The normalized spacial score (nSPS) is 11.3. The molecule has 0 unspecified atom stereocenters. The molecule has 2 rings (SSSR count). The molecule has 4 heteroatoms. The molecule has 78 valence electrons. The summed E-state index contributed by atoms with van der Waals surface area (Å²) in [7, 11) is 3.68. The van der Waals surface area contributed by atoms with Gasteiger partial charge in [-0.1, -0.05) is 0 Å². The molecule has 1 N–H and O–H groups in total. The van der Waals surface area contributed by atoms with E-state index in [1.165, 1.54) is 0 Å². The highest BCUT2D eigenvalue weighted by atomic mass is 16.3. The topological polar surface area (TPSA) is 49.0 Å². The van der Waals surface area contributed by atoms with Gasteiger partial charge in [-0.2, -0.15) is 5.10 Å². The number of fused-ring (bicyclic) bond motifs is 1. The number of hydrazone groups is 1. The summed E-state index contributed by atoms with van der Waals surface area (Å²) in [5.74, 6) is 0.906. The molecule has 0 radical (unpaired) electrons. The SMILES string of the molecule is CN(C)N=Cc1cc2cc(O)ccc2o1. The number of hydrogen-bond donors (Lipinski definition) is 1. The van der Waals surface area contributed by atoms with Crippen LogP contribution in [0.4, 0.5) is 0 Å². The minimum Gasteiger partial charge on any atom is -0.508 e. The molecule has 15 heavy (non-hydrogen) atoms. The van der Waals surface area contributed by atoms with Crippen LogP contribution in [-0.4, -0.2) is 30.4 Å². The van der Waals surface area contributed by atoms with Gasteiger partial charge in [-0.3, -0.25) is 0 Å². The first kappa shape index (κ1) is 9.58. The van der Waals surface area contributed by atoms with Gasteiger partial charge in [-0.15, -0.1) is 0 Å². The summed E-state index contributed by atoms with van der Waals surface area (Å²) in [5, 5.41) is 15.9. The second-order valence-electron chi connectivity index (χ2n) is 3.46. The average Bonchev–Trinajstić information content (AvgIpc) is 2.56. The molecule has 0 aliphatic rings. The quantitative estimate of drug-likeness (QED) is 0.601. The van der Waals surface area contributed by atoms with Gasteiger partial charge in [-0.05, 0) is 24.3 Å². The van der Waals surface area contributed by atoms with Gasteiger partial charge >= 0.3 is 0 Å². The predicted octanol–water partition coefficient (Wildman–Crippen LogP) is 2.03. The fourth-order valence-corrected chi connectivity index (χ4v) is 1.29. The summed E-state index contributed by atoms with van der Waals surface area (Å²) in [6.07, 6.45) is 1.64. The minimum absolute atomic E-state index is 0.236. The zero-order chi connectivity index (χ0) is 10.8. The molecule has 0 aliphatic carbocycles. The number of benzene rings is 1. The minimum atomic E-state index is 0.236. The number of aromatic hydroxyl groups is 1. The summed E-state index contributed by atoms with van der Waals surface area (Å²) >= 11 is 0. The standard InChI is InChI=1S/C11H12N2O2/c1-13(2)12-7-10-6-8-5-9(14)3-4-11(8)15-10/h3-7,14H,1-2H3. The Bertz CT molecular complexity index is 500. The van der Waals surface area contributed by atoms with Crippen molar-refractivity contribution in [2.45, 2.75) is 0 Å². The number of phenolic OH excluding ortho intramolecular Hbond substituents is 1. The van der Waals surface area contributed by atoms with Crippen molar-refractivity contribution in [3.8, 4) is 5.75 Å². The zero-order valence-corrected chi connectivity index (χ0v) is 8.64. The van der Waals surface area contributed by atoms with Gasteiger partial charge in [0.25, 0.3) is 0 Å². The molecule has 0 amide bonds. The Morgan fingerprint density at radius 1 is 1.33 bits per heavy atom. The Morgan fingerprint density at radius 2 is 2.13 bits per heavy atom. The first-order chi connectivity index (χ1) is 7.15. The highest BCUT2D eigenvalue weighted by Gasteiger charge is 2.02. The number of furan rings is 1. The molecule has 0 bridgehead atoms. The van der Waals surface area contributed by atoms with Crippen LogP contribution >= 0.6 is 0 Å². The van der Waals surface area contributed by atoms with Crippen molar-refractivity contribution < 1.29 is 9.52 Å². The third-order valence-electron chi connectivity index (χ3n) is 1.93. The van der Waals surface area contributed by atoms with Gasteiger partial charge in [-0.25, -0.2) is 0 Å². The van der Waals surface area contributed by atoms with E-state index >= 15 is 0 Å². The van der Waals surface area contributed by atoms with Gasteiger partial charge in [0.15, 0.2) is 0 Å². The molecule has 4 nitrogen and oxygen atoms in total. The molecule has 1 heterocycles. The Kier molecular flexibility index (Phi) is 2.33. The number of nitrogens with zero attached hydrogens (tertiary/aromatic N) is 2. The van der Waals surface area contributed by atoms with Crippen molar-refractivity contribution in [2.24, 2.45) is 5.10 Å². The smallest absolute Gasteiger partial charge is 0.148 e.